The van der Waals surface area contributed by atoms with Gasteiger partial charge in [-0.25, -0.2) is 4.79 Å². The van der Waals surface area contributed by atoms with Gasteiger partial charge in [0.25, 0.3) is 5.91 Å². The molecule has 1 unspecified atom stereocenters. The van der Waals surface area contributed by atoms with Crippen LogP contribution in [-0.2, 0) is 20.8 Å². The molecule has 1 aliphatic heterocycles. The summed E-state index contributed by atoms with van der Waals surface area (Å²) >= 11 is 0. The molecule has 2 amide bonds. The van der Waals surface area contributed by atoms with Crippen molar-refractivity contribution in [1.82, 2.24) is 10.2 Å². The van der Waals surface area contributed by atoms with Crippen LogP contribution < -0.4 is 10.7 Å². The van der Waals surface area contributed by atoms with Gasteiger partial charge in [-0.05, 0) is 45.4 Å². The third-order valence-corrected chi connectivity index (χ3v) is 4.84. The van der Waals surface area contributed by atoms with E-state index in [1.54, 1.807) is 37.8 Å². The Bertz CT molecular complexity index is 1070. The quantitative estimate of drug-likeness (QED) is 0.741. The minimum Gasteiger partial charge on any atom is -0.469 e. The molecule has 0 bridgehead atoms. The fourth-order valence-electron chi connectivity index (χ4n) is 3.39. The second-order valence-electron chi connectivity index (χ2n) is 8.40. The number of ether oxygens (including phenoxy) is 2. The highest BCUT2D eigenvalue weighted by atomic mass is 16.6. The number of hydrogen-bond acceptors (Lipinski definition) is 7. The zero-order chi connectivity index (χ0) is 22.8. The number of alkyl carbamates (subject to hydrolysis) is 1. The second-order valence-corrected chi connectivity index (χ2v) is 8.40. The average molecular weight is 430 g/mol. The number of carbonyl (C=O) groups excluding carboxylic acids is 3. The fraction of sp³-hybridized carbons (Fsp3) is 0.455. The van der Waals surface area contributed by atoms with E-state index in [1.807, 2.05) is 0 Å². The zero-order valence-electron chi connectivity index (χ0n) is 18.0. The Kier molecular flexibility index (Phi) is 6.33. The third-order valence-electron chi connectivity index (χ3n) is 4.84. The molecule has 31 heavy (non-hydrogen) atoms. The average Bonchev–Trinajstić information content (AvgIpc) is 3.20. The van der Waals surface area contributed by atoms with Gasteiger partial charge in [-0.1, -0.05) is 0 Å². The van der Waals surface area contributed by atoms with Gasteiger partial charge in [0.15, 0.2) is 5.43 Å². The van der Waals surface area contributed by atoms with E-state index in [0.29, 0.717) is 24.1 Å². The summed E-state index contributed by atoms with van der Waals surface area (Å²) in [7, 11) is 1.33. The lowest BCUT2D eigenvalue weighted by molar-refractivity contribution is -0.144. The predicted molar refractivity (Wildman–Crippen MR) is 112 cm³/mol. The summed E-state index contributed by atoms with van der Waals surface area (Å²) in [4.78, 5) is 50.4. The van der Waals surface area contributed by atoms with E-state index in [4.69, 9.17) is 13.9 Å². The smallest absolute Gasteiger partial charge is 0.408 e. The zero-order valence-corrected chi connectivity index (χ0v) is 18.0. The lowest BCUT2D eigenvalue weighted by Crippen LogP contribution is -2.32. The van der Waals surface area contributed by atoms with Crippen molar-refractivity contribution in [3.8, 4) is 0 Å². The largest absolute Gasteiger partial charge is 0.469 e. The van der Waals surface area contributed by atoms with Crippen LogP contribution in [0.1, 0.15) is 43.3 Å². The van der Waals surface area contributed by atoms with Crippen molar-refractivity contribution >= 4 is 28.9 Å². The van der Waals surface area contributed by atoms with Crippen LogP contribution >= 0.6 is 0 Å². The first-order chi connectivity index (χ1) is 14.6. The van der Waals surface area contributed by atoms with Crippen LogP contribution in [0.2, 0.25) is 0 Å². The molecule has 1 aromatic carbocycles. The molecule has 0 radical (unpaired) electrons. The van der Waals surface area contributed by atoms with E-state index < -0.39 is 11.7 Å². The first kappa shape index (κ1) is 22.3. The van der Waals surface area contributed by atoms with E-state index >= 15 is 0 Å². The van der Waals surface area contributed by atoms with E-state index in [1.165, 1.54) is 19.2 Å². The third kappa shape index (κ3) is 5.42. The van der Waals surface area contributed by atoms with Crippen molar-refractivity contribution in [3.05, 3.63) is 45.8 Å². The van der Waals surface area contributed by atoms with Gasteiger partial charge in [0.05, 0.1) is 25.0 Å². The van der Waals surface area contributed by atoms with E-state index in [-0.39, 0.29) is 47.5 Å². The molecule has 1 aromatic heterocycles. The maximum Gasteiger partial charge on any atom is 0.408 e. The van der Waals surface area contributed by atoms with Crippen molar-refractivity contribution in [2.24, 2.45) is 5.92 Å². The Morgan fingerprint density at radius 3 is 2.65 bits per heavy atom. The number of carbonyl (C=O) groups is 3. The standard InChI is InChI=1S/C22H26N2O7/c1-22(2,3)31-21(28)23-11-15-10-17(25)16-9-13(5-6-18(16)30-15)19(26)24-8-7-14(12-24)20(27)29-4/h5-6,9-10,14H,7-8,11-12H2,1-4H3,(H,23,28). The molecule has 0 aliphatic carbocycles. The number of benzene rings is 1. The van der Waals surface area contributed by atoms with Crippen molar-refractivity contribution in [3.63, 3.8) is 0 Å². The highest BCUT2D eigenvalue weighted by Crippen LogP contribution is 2.22. The lowest BCUT2D eigenvalue weighted by Gasteiger charge is -2.19. The molecular weight excluding hydrogens is 404 g/mol. The molecule has 2 heterocycles. The van der Waals surface area contributed by atoms with Crippen LogP contribution in [0.3, 0.4) is 0 Å². The van der Waals surface area contributed by atoms with Gasteiger partial charge in [-0.3, -0.25) is 14.4 Å². The first-order valence-electron chi connectivity index (χ1n) is 9.98. The first-order valence-corrected chi connectivity index (χ1v) is 9.98. The number of nitrogens with one attached hydrogen (secondary N) is 1. The van der Waals surface area contributed by atoms with Crippen LogP contribution in [0.5, 0.6) is 0 Å². The number of methoxy groups -OCH3 is 1. The molecule has 1 atom stereocenters. The summed E-state index contributed by atoms with van der Waals surface area (Å²) < 4.78 is 15.6. The molecule has 9 nitrogen and oxygen atoms in total. The number of likely N-dealkylation sites (tertiary alicyclic amines) is 1. The molecule has 9 heteroatoms. The van der Waals surface area contributed by atoms with Crippen LogP contribution in [0.25, 0.3) is 11.0 Å². The van der Waals surface area contributed by atoms with Crippen molar-refractivity contribution in [2.75, 3.05) is 20.2 Å². The van der Waals surface area contributed by atoms with E-state index in [0.717, 1.165) is 0 Å². The molecule has 3 rings (SSSR count). The summed E-state index contributed by atoms with van der Waals surface area (Å²) in [6.45, 7) is 5.97. The van der Waals surface area contributed by atoms with Crippen LogP contribution in [0.15, 0.2) is 33.5 Å². The molecular formula is C22H26N2O7. The summed E-state index contributed by atoms with van der Waals surface area (Å²) in [5.41, 5.74) is -0.321. The highest BCUT2D eigenvalue weighted by Gasteiger charge is 2.32. The molecule has 1 fully saturated rings. The summed E-state index contributed by atoms with van der Waals surface area (Å²) in [5.74, 6) is -0.659. The van der Waals surface area contributed by atoms with Crippen LogP contribution in [0.4, 0.5) is 4.79 Å². The van der Waals surface area contributed by atoms with E-state index in [2.05, 4.69) is 5.32 Å². The normalized spacial score (nSPS) is 16.3. The maximum absolute atomic E-state index is 12.8. The number of nitrogens with zero attached hydrogens (tertiary/aromatic N) is 1. The van der Waals surface area contributed by atoms with Gasteiger partial charge in [-0.2, -0.15) is 0 Å². The van der Waals surface area contributed by atoms with E-state index in [9.17, 15) is 19.2 Å². The molecule has 2 aromatic rings. The Balaban J connectivity index is 1.73. The van der Waals surface area contributed by atoms with Crippen molar-refractivity contribution in [1.29, 1.82) is 0 Å². The molecule has 0 saturated carbocycles. The van der Waals surface area contributed by atoms with Gasteiger partial charge in [0.2, 0.25) is 0 Å². The second kappa shape index (κ2) is 8.79. The molecule has 0 spiro atoms. The lowest BCUT2D eigenvalue weighted by atomic mass is 10.1. The number of fused-ring (bicyclic) bond motifs is 1. The summed E-state index contributed by atoms with van der Waals surface area (Å²) in [6.07, 6.45) is -0.0747. The summed E-state index contributed by atoms with van der Waals surface area (Å²) in [6, 6.07) is 5.89. The Hall–Kier alpha value is -3.36. The fourth-order valence-corrected chi connectivity index (χ4v) is 3.39. The van der Waals surface area contributed by atoms with Gasteiger partial charge in [0, 0.05) is 24.7 Å². The van der Waals surface area contributed by atoms with Crippen LogP contribution in [0, 0.1) is 5.92 Å². The Morgan fingerprint density at radius 1 is 1.23 bits per heavy atom. The molecule has 1 N–H and O–H groups in total. The molecule has 1 aliphatic rings. The maximum atomic E-state index is 12.8. The minimum absolute atomic E-state index is 0.0104. The highest BCUT2D eigenvalue weighted by molar-refractivity contribution is 5.98. The number of esters is 1. The van der Waals surface area contributed by atoms with Gasteiger partial charge >= 0.3 is 12.1 Å². The topological polar surface area (TPSA) is 115 Å². The minimum atomic E-state index is -0.635. The summed E-state index contributed by atoms with van der Waals surface area (Å²) in [5, 5.41) is 2.80. The molecule has 166 valence electrons. The number of hydrogen-bond donors (Lipinski definition) is 1. The SMILES string of the molecule is COC(=O)C1CCN(C(=O)c2ccc3oc(CNC(=O)OC(C)(C)C)cc(=O)c3c2)C1. The Labute approximate surface area is 179 Å². The van der Waals surface area contributed by atoms with Crippen molar-refractivity contribution < 1.29 is 28.3 Å². The Morgan fingerprint density at radius 2 is 1.97 bits per heavy atom. The predicted octanol–water partition coefficient (Wildman–Crippen LogP) is 2.45. The van der Waals surface area contributed by atoms with Crippen LogP contribution in [-0.4, -0.2) is 48.7 Å². The van der Waals surface area contributed by atoms with Gasteiger partial charge in [-0.15, -0.1) is 0 Å². The van der Waals surface area contributed by atoms with Gasteiger partial charge in [0.1, 0.15) is 16.9 Å². The number of amides is 2. The van der Waals surface area contributed by atoms with Crippen molar-refractivity contribution in [2.45, 2.75) is 39.3 Å². The molecule has 1 saturated heterocycles. The van der Waals surface area contributed by atoms with Gasteiger partial charge < -0.3 is 24.1 Å². The monoisotopic (exact) mass is 430 g/mol. The number of rotatable bonds is 4.